The van der Waals surface area contributed by atoms with E-state index in [1.165, 1.54) is 5.56 Å². The van der Waals surface area contributed by atoms with Crippen molar-refractivity contribution in [3.8, 4) is 5.75 Å². The minimum absolute atomic E-state index is 0.360. The van der Waals surface area contributed by atoms with Gasteiger partial charge in [0.1, 0.15) is 5.75 Å². The van der Waals surface area contributed by atoms with Gasteiger partial charge in [0.15, 0.2) is 0 Å². The fourth-order valence-corrected chi connectivity index (χ4v) is 4.41. The van der Waals surface area contributed by atoms with Gasteiger partial charge in [-0.3, -0.25) is 4.68 Å². The zero-order valence-corrected chi connectivity index (χ0v) is 12.4. The summed E-state index contributed by atoms with van der Waals surface area (Å²) in [5, 5.41) is 4.42. The van der Waals surface area contributed by atoms with Gasteiger partial charge in [-0.1, -0.05) is 31.8 Å². The molecule has 0 bridgehead atoms. The monoisotopic (exact) mass is 260 g/mol. The summed E-state index contributed by atoms with van der Waals surface area (Å²) in [6, 6.07) is 10.3. The summed E-state index contributed by atoms with van der Waals surface area (Å²) in [5.74, 6) is 0.897. The van der Waals surface area contributed by atoms with E-state index in [9.17, 15) is 0 Å². The van der Waals surface area contributed by atoms with Crippen LogP contribution in [0, 0.1) is 0 Å². The van der Waals surface area contributed by atoms with Gasteiger partial charge in [0, 0.05) is 12.4 Å². The highest BCUT2D eigenvalue weighted by molar-refractivity contribution is 6.77. The molecule has 0 aliphatic carbocycles. The molecule has 0 fully saturated rings. The fourth-order valence-electron chi connectivity index (χ4n) is 2.27. The predicted octanol–water partition coefficient (Wildman–Crippen LogP) is 3.36. The van der Waals surface area contributed by atoms with Crippen molar-refractivity contribution in [3.05, 3.63) is 48.3 Å². The number of ether oxygens (including phenoxy) is 1. The molecule has 2 aromatic rings. The van der Waals surface area contributed by atoms with Gasteiger partial charge in [0.05, 0.1) is 20.8 Å². The van der Waals surface area contributed by atoms with Gasteiger partial charge < -0.3 is 4.74 Å². The molecular formula is C14H20N2OSi. The smallest absolute Gasteiger partial charge is 0.118 e. The first-order chi connectivity index (χ1) is 8.52. The molecule has 4 heteroatoms. The van der Waals surface area contributed by atoms with E-state index in [2.05, 4.69) is 41.6 Å². The van der Waals surface area contributed by atoms with Crippen LogP contribution in [0.1, 0.15) is 11.2 Å². The lowest BCUT2D eigenvalue weighted by Crippen LogP contribution is -2.36. The van der Waals surface area contributed by atoms with Crippen LogP contribution in [0.25, 0.3) is 0 Å². The Kier molecular flexibility index (Phi) is 3.57. The molecule has 0 saturated heterocycles. The molecule has 0 aliphatic rings. The number of nitrogens with zero attached hydrogens (tertiary/aromatic N) is 2. The molecule has 0 radical (unpaired) electrons. The Bertz CT molecular complexity index is 486. The average Bonchev–Trinajstić information content (AvgIpc) is 2.82. The van der Waals surface area contributed by atoms with Gasteiger partial charge in [-0.2, -0.15) is 5.10 Å². The van der Waals surface area contributed by atoms with Crippen LogP contribution in [0.4, 0.5) is 0 Å². The molecule has 3 nitrogen and oxygen atoms in total. The largest absolute Gasteiger partial charge is 0.497 e. The summed E-state index contributed by atoms with van der Waals surface area (Å²) >= 11 is 0. The summed E-state index contributed by atoms with van der Waals surface area (Å²) in [7, 11) is 0.293. The summed E-state index contributed by atoms with van der Waals surface area (Å²) in [6.45, 7) is 7.09. The second kappa shape index (κ2) is 4.98. The van der Waals surface area contributed by atoms with Gasteiger partial charge in [-0.25, -0.2) is 0 Å². The Labute approximate surface area is 109 Å². The Morgan fingerprint density at radius 2 is 1.83 bits per heavy atom. The highest BCUT2D eigenvalue weighted by Crippen LogP contribution is 2.29. The molecule has 0 saturated carbocycles. The fraction of sp³-hybridized carbons (Fsp3) is 0.357. The van der Waals surface area contributed by atoms with Crippen molar-refractivity contribution in [1.29, 1.82) is 0 Å². The Balaban J connectivity index is 2.40. The molecule has 0 amide bonds. The summed E-state index contributed by atoms with van der Waals surface area (Å²) in [5.41, 5.74) is 1.66. The van der Waals surface area contributed by atoms with Crippen LogP contribution in [0.3, 0.4) is 0 Å². The number of aromatic nitrogens is 2. The third-order valence-corrected chi connectivity index (χ3v) is 5.28. The predicted molar refractivity (Wildman–Crippen MR) is 76.7 cm³/mol. The van der Waals surface area contributed by atoms with Crippen LogP contribution in [-0.2, 0) is 0 Å². The van der Waals surface area contributed by atoms with Crippen molar-refractivity contribution in [3.63, 3.8) is 0 Å². The molecule has 0 N–H and O–H groups in total. The lowest BCUT2D eigenvalue weighted by molar-refractivity contribution is 0.414. The lowest BCUT2D eigenvalue weighted by atomic mass is 10.2. The Morgan fingerprint density at radius 3 is 2.28 bits per heavy atom. The topological polar surface area (TPSA) is 27.1 Å². The van der Waals surface area contributed by atoms with Crippen molar-refractivity contribution in [2.75, 3.05) is 7.11 Å². The van der Waals surface area contributed by atoms with Crippen molar-refractivity contribution >= 4 is 8.07 Å². The molecule has 18 heavy (non-hydrogen) atoms. The maximum atomic E-state index is 5.21. The molecule has 1 aromatic carbocycles. The molecular weight excluding hydrogens is 240 g/mol. The number of methoxy groups -OCH3 is 1. The van der Waals surface area contributed by atoms with Crippen LogP contribution < -0.4 is 4.74 Å². The van der Waals surface area contributed by atoms with Crippen LogP contribution in [-0.4, -0.2) is 25.0 Å². The van der Waals surface area contributed by atoms with Gasteiger partial charge >= 0.3 is 0 Å². The summed E-state index contributed by atoms with van der Waals surface area (Å²) in [4.78, 5) is 0. The third kappa shape index (κ3) is 2.64. The van der Waals surface area contributed by atoms with Gasteiger partial charge in [0.2, 0.25) is 0 Å². The van der Waals surface area contributed by atoms with E-state index in [0.29, 0.717) is 5.67 Å². The quantitative estimate of drug-likeness (QED) is 0.788. The maximum absolute atomic E-state index is 5.21. The van der Waals surface area contributed by atoms with E-state index >= 15 is 0 Å². The highest BCUT2D eigenvalue weighted by Gasteiger charge is 2.30. The number of hydrogen-bond acceptors (Lipinski definition) is 2. The first kappa shape index (κ1) is 12.9. The minimum Gasteiger partial charge on any atom is -0.497 e. The Hall–Kier alpha value is -1.55. The third-order valence-electron chi connectivity index (χ3n) is 3.04. The first-order valence-electron chi connectivity index (χ1n) is 6.15. The minimum atomic E-state index is -1.40. The zero-order chi connectivity index (χ0) is 13.2. The molecule has 0 aliphatic heterocycles. The summed E-state index contributed by atoms with van der Waals surface area (Å²) < 4.78 is 7.29. The molecule has 2 rings (SSSR count). The standard InChI is InChI=1S/C14H20N2OSi/c1-17-13-8-6-12(7-9-13)14(18(2,3)4)16-11-5-10-15-16/h5-11,14H,1-4H3. The maximum Gasteiger partial charge on any atom is 0.118 e. The molecule has 1 heterocycles. The van der Waals surface area contributed by atoms with Gasteiger partial charge in [0.25, 0.3) is 0 Å². The van der Waals surface area contributed by atoms with Crippen molar-refractivity contribution < 1.29 is 4.74 Å². The van der Waals surface area contributed by atoms with E-state index in [1.807, 2.05) is 30.6 Å². The van der Waals surface area contributed by atoms with E-state index < -0.39 is 8.07 Å². The van der Waals surface area contributed by atoms with Crippen LogP contribution >= 0.6 is 0 Å². The Morgan fingerprint density at radius 1 is 1.17 bits per heavy atom. The van der Waals surface area contributed by atoms with Crippen LogP contribution in [0.2, 0.25) is 19.6 Å². The lowest BCUT2D eigenvalue weighted by Gasteiger charge is -2.29. The highest BCUT2D eigenvalue weighted by atomic mass is 28.3. The molecule has 0 spiro atoms. The molecule has 96 valence electrons. The number of rotatable bonds is 4. The summed E-state index contributed by atoms with van der Waals surface area (Å²) in [6.07, 6.45) is 3.89. The average molecular weight is 260 g/mol. The first-order valence-corrected chi connectivity index (χ1v) is 9.73. The van der Waals surface area contributed by atoms with Crippen molar-refractivity contribution in [2.45, 2.75) is 25.3 Å². The molecule has 1 aromatic heterocycles. The second-order valence-electron chi connectivity index (χ2n) is 5.53. The van der Waals surface area contributed by atoms with E-state index in [4.69, 9.17) is 4.74 Å². The number of hydrogen-bond donors (Lipinski definition) is 0. The zero-order valence-electron chi connectivity index (χ0n) is 11.4. The van der Waals surface area contributed by atoms with Crippen LogP contribution in [0.15, 0.2) is 42.7 Å². The van der Waals surface area contributed by atoms with Crippen LogP contribution in [0.5, 0.6) is 5.75 Å². The second-order valence-corrected chi connectivity index (χ2v) is 10.8. The van der Waals surface area contributed by atoms with E-state index in [0.717, 1.165) is 5.75 Å². The molecule has 1 atom stereocenters. The SMILES string of the molecule is COc1ccc(C(n2cccn2)[Si](C)(C)C)cc1. The molecule has 1 unspecified atom stereocenters. The van der Waals surface area contributed by atoms with Crippen molar-refractivity contribution in [1.82, 2.24) is 9.78 Å². The normalized spacial score (nSPS) is 13.3. The van der Waals surface area contributed by atoms with Gasteiger partial charge in [-0.15, -0.1) is 0 Å². The van der Waals surface area contributed by atoms with E-state index in [1.54, 1.807) is 7.11 Å². The van der Waals surface area contributed by atoms with E-state index in [-0.39, 0.29) is 0 Å². The van der Waals surface area contributed by atoms with Gasteiger partial charge in [-0.05, 0) is 23.8 Å². The number of benzene rings is 1. The van der Waals surface area contributed by atoms with Crippen molar-refractivity contribution in [2.24, 2.45) is 0 Å².